The van der Waals surface area contributed by atoms with Crippen LogP contribution in [-0.2, 0) is 19.4 Å². The summed E-state index contributed by atoms with van der Waals surface area (Å²) in [6.45, 7) is 0. The summed E-state index contributed by atoms with van der Waals surface area (Å²) >= 11 is 5.90. The fourth-order valence-electron chi connectivity index (χ4n) is 1.49. The van der Waals surface area contributed by atoms with Gasteiger partial charge in [0.05, 0.1) is 16.4 Å². The maximum Gasteiger partial charge on any atom is 0.0865 e. The standard InChI is InChI=1S/C12H13ClN4S2/c13-12-10(14)6-9(7-11(12)15)19(17)18(16)8-4-2-1-3-5-8/h1-7,16-17H,14-15H2. The Balaban J connectivity index is 2.38. The highest BCUT2D eigenvalue weighted by atomic mass is 35.5. The summed E-state index contributed by atoms with van der Waals surface area (Å²) in [6, 6.07) is 12.6. The largest absolute Gasteiger partial charge is 0.397 e. The van der Waals surface area contributed by atoms with Gasteiger partial charge in [0.15, 0.2) is 0 Å². The third-order valence-electron chi connectivity index (χ3n) is 2.44. The molecule has 6 N–H and O–H groups in total. The predicted octanol–water partition coefficient (Wildman–Crippen LogP) is 3.60. The maximum absolute atomic E-state index is 8.22. The fourth-order valence-corrected chi connectivity index (χ4v) is 4.63. The van der Waals surface area contributed by atoms with Crippen molar-refractivity contribution in [1.82, 2.24) is 0 Å². The van der Waals surface area contributed by atoms with E-state index in [-0.39, 0.29) is 0 Å². The van der Waals surface area contributed by atoms with E-state index < -0.39 is 19.4 Å². The molecule has 0 aromatic heterocycles. The molecule has 4 nitrogen and oxygen atoms in total. The van der Waals surface area contributed by atoms with Crippen LogP contribution >= 0.6 is 11.6 Å². The normalized spacial score (nSPS) is 13.9. The monoisotopic (exact) mass is 312 g/mol. The van der Waals surface area contributed by atoms with Crippen molar-refractivity contribution < 1.29 is 0 Å². The van der Waals surface area contributed by atoms with Crippen molar-refractivity contribution in [3.05, 3.63) is 47.5 Å². The molecular formula is C12H13ClN4S2. The molecule has 0 amide bonds. The van der Waals surface area contributed by atoms with Gasteiger partial charge in [-0.15, -0.1) is 0 Å². The molecule has 0 aliphatic carbocycles. The summed E-state index contributed by atoms with van der Waals surface area (Å²) in [5.74, 6) is 0. The molecule has 0 heterocycles. The maximum atomic E-state index is 8.22. The minimum absolute atomic E-state index is 0.310. The molecule has 0 radical (unpaired) electrons. The molecular weight excluding hydrogens is 300 g/mol. The Bertz CT molecular complexity index is 635. The summed E-state index contributed by atoms with van der Waals surface area (Å²) < 4.78 is 16.4. The molecule has 0 spiro atoms. The van der Waals surface area contributed by atoms with Gasteiger partial charge in [0, 0.05) is 29.2 Å². The van der Waals surface area contributed by atoms with E-state index in [0.717, 1.165) is 4.90 Å². The highest BCUT2D eigenvalue weighted by molar-refractivity contribution is 8.61. The van der Waals surface area contributed by atoms with Crippen molar-refractivity contribution in [3.63, 3.8) is 0 Å². The van der Waals surface area contributed by atoms with Crippen molar-refractivity contribution >= 4 is 42.4 Å². The first-order valence-corrected chi connectivity index (χ1v) is 8.66. The summed E-state index contributed by atoms with van der Waals surface area (Å²) in [6.07, 6.45) is 0. The molecule has 0 fully saturated rings. The molecule has 0 aliphatic heterocycles. The molecule has 2 aromatic carbocycles. The first kappa shape index (κ1) is 14.0. The predicted molar refractivity (Wildman–Crippen MR) is 83.4 cm³/mol. The van der Waals surface area contributed by atoms with E-state index in [4.69, 9.17) is 32.6 Å². The SMILES string of the molecule is N=S(c1ccccc1)S(=N)c1cc(N)c(Cl)c(N)c1. The lowest BCUT2D eigenvalue weighted by Gasteiger charge is -2.11. The molecule has 0 aliphatic rings. The number of hydrogen-bond donors (Lipinski definition) is 4. The first-order valence-electron chi connectivity index (χ1n) is 5.31. The molecule has 100 valence electrons. The second-order valence-corrected chi connectivity index (χ2v) is 8.16. The number of anilines is 2. The van der Waals surface area contributed by atoms with Crippen LogP contribution in [0.1, 0.15) is 0 Å². The van der Waals surface area contributed by atoms with Gasteiger partial charge in [-0.2, -0.15) is 0 Å². The van der Waals surface area contributed by atoms with Crippen LogP contribution in [0.25, 0.3) is 0 Å². The van der Waals surface area contributed by atoms with Crippen LogP contribution in [0, 0.1) is 9.56 Å². The van der Waals surface area contributed by atoms with E-state index in [2.05, 4.69) is 0 Å². The zero-order valence-corrected chi connectivity index (χ0v) is 12.3. The van der Waals surface area contributed by atoms with Crippen LogP contribution < -0.4 is 11.5 Å². The minimum Gasteiger partial charge on any atom is -0.397 e. The lowest BCUT2D eigenvalue weighted by Crippen LogP contribution is -2.01. The Labute approximate surface area is 121 Å². The van der Waals surface area contributed by atoms with Crippen molar-refractivity contribution in [2.45, 2.75) is 9.79 Å². The molecule has 19 heavy (non-hydrogen) atoms. The number of rotatable bonds is 3. The average Bonchev–Trinajstić information content (AvgIpc) is 2.43. The molecule has 7 heteroatoms. The van der Waals surface area contributed by atoms with Gasteiger partial charge >= 0.3 is 0 Å². The van der Waals surface area contributed by atoms with Crippen molar-refractivity contribution in [1.29, 1.82) is 9.56 Å². The van der Waals surface area contributed by atoms with Gasteiger partial charge in [-0.1, -0.05) is 29.8 Å². The average molecular weight is 313 g/mol. The van der Waals surface area contributed by atoms with Crippen LogP contribution in [0.15, 0.2) is 52.3 Å². The Hall–Kier alpha value is -1.37. The zero-order chi connectivity index (χ0) is 14.0. The third-order valence-corrected chi connectivity index (χ3v) is 6.73. The zero-order valence-electron chi connectivity index (χ0n) is 9.89. The van der Waals surface area contributed by atoms with E-state index in [9.17, 15) is 0 Å². The van der Waals surface area contributed by atoms with Gasteiger partial charge in [-0.3, -0.25) is 9.56 Å². The van der Waals surface area contributed by atoms with Crippen LogP contribution in [0.2, 0.25) is 5.02 Å². The Morgan fingerprint density at radius 1 is 0.842 bits per heavy atom. The Kier molecular flexibility index (Phi) is 4.24. The van der Waals surface area contributed by atoms with Gasteiger partial charge < -0.3 is 11.5 Å². The fraction of sp³-hybridized carbons (Fsp3) is 0. The number of nitrogens with one attached hydrogen (secondary N) is 2. The highest BCUT2D eigenvalue weighted by Gasteiger charge is 2.11. The lowest BCUT2D eigenvalue weighted by molar-refractivity contribution is 1.42. The van der Waals surface area contributed by atoms with Gasteiger partial charge in [-0.25, -0.2) is 0 Å². The molecule has 2 rings (SSSR count). The van der Waals surface area contributed by atoms with Crippen LogP contribution in [0.5, 0.6) is 0 Å². The minimum atomic E-state index is -1.03. The molecule has 0 saturated carbocycles. The van der Waals surface area contributed by atoms with E-state index in [1.807, 2.05) is 30.3 Å². The Morgan fingerprint density at radius 2 is 1.32 bits per heavy atom. The number of nitrogens with two attached hydrogens (primary N) is 2. The molecule has 2 unspecified atom stereocenters. The summed E-state index contributed by atoms with van der Waals surface area (Å²) in [7, 11) is -1.99. The van der Waals surface area contributed by atoms with Gasteiger partial charge in [0.2, 0.25) is 0 Å². The second kappa shape index (κ2) is 5.73. The van der Waals surface area contributed by atoms with E-state index in [1.54, 1.807) is 12.1 Å². The summed E-state index contributed by atoms with van der Waals surface area (Å²) in [4.78, 5) is 1.47. The molecule has 2 aromatic rings. The lowest BCUT2D eigenvalue weighted by atomic mass is 10.3. The highest BCUT2D eigenvalue weighted by Crippen LogP contribution is 2.30. The number of hydrogen-bond acceptors (Lipinski definition) is 4. The van der Waals surface area contributed by atoms with E-state index in [0.29, 0.717) is 21.3 Å². The quantitative estimate of drug-likeness (QED) is 0.514. The van der Waals surface area contributed by atoms with Crippen LogP contribution in [0.4, 0.5) is 11.4 Å². The van der Waals surface area contributed by atoms with E-state index in [1.165, 1.54) is 0 Å². The van der Waals surface area contributed by atoms with Crippen molar-refractivity contribution in [2.75, 3.05) is 11.5 Å². The smallest absolute Gasteiger partial charge is 0.0865 e. The number of nitrogen functional groups attached to an aromatic ring is 2. The second-order valence-electron chi connectivity index (χ2n) is 3.77. The molecule has 2 atom stereocenters. The van der Waals surface area contributed by atoms with Crippen molar-refractivity contribution in [3.8, 4) is 0 Å². The number of halogens is 1. The van der Waals surface area contributed by atoms with Gasteiger partial charge in [0.1, 0.15) is 0 Å². The summed E-state index contributed by atoms with van der Waals surface area (Å²) in [5.41, 5.74) is 12.2. The topological polar surface area (TPSA) is 99.7 Å². The Morgan fingerprint density at radius 3 is 1.84 bits per heavy atom. The van der Waals surface area contributed by atoms with Crippen LogP contribution in [0.3, 0.4) is 0 Å². The summed E-state index contributed by atoms with van der Waals surface area (Å²) in [5, 5.41) is 0.310. The van der Waals surface area contributed by atoms with E-state index >= 15 is 0 Å². The van der Waals surface area contributed by atoms with Gasteiger partial charge in [0.25, 0.3) is 0 Å². The van der Waals surface area contributed by atoms with Crippen molar-refractivity contribution in [2.24, 2.45) is 0 Å². The van der Waals surface area contributed by atoms with Gasteiger partial charge in [-0.05, 0) is 24.3 Å². The van der Waals surface area contributed by atoms with Crippen LogP contribution in [-0.4, -0.2) is 0 Å². The number of benzene rings is 2. The molecule has 0 saturated heterocycles. The third kappa shape index (κ3) is 2.97. The first-order chi connectivity index (χ1) is 9.00. The molecule has 0 bridgehead atoms.